The third-order valence-electron chi connectivity index (χ3n) is 4.37. The Bertz CT molecular complexity index is 779. The van der Waals surface area contributed by atoms with Crippen molar-refractivity contribution in [1.82, 2.24) is 32.1 Å². The summed E-state index contributed by atoms with van der Waals surface area (Å²) in [6.07, 6.45) is -2.02. The van der Waals surface area contributed by atoms with Crippen LogP contribution in [0.3, 0.4) is 0 Å². The summed E-state index contributed by atoms with van der Waals surface area (Å²) in [4.78, 5) is 72.5. The van der Waals surface area contributed by atoms with Crippen molar-refractivity contribution in [1.29, 1.82) is 0 Å². The minimum absolute atomic E-state index is 0.00664. The molecule has 0 aromatic carbocycles. The van der Waals surface area contributed by atoms with Gasteiger partial charge in [0.1, 0.15) is 24.7 Å². The number of hydrazine groups is 1. The molecule has 17 heteroatoms. The van der Waals surface area contributed by atoms with Crippen LogP contribution in [0.15, 0.2) is 0 Å². The highest BCUT2D eigenvalue weighted by Crippen LogP contribution is 1.97. The molecule has 0 saturated carbocycles. The molecule has 0 aromatic heterocycles. The maximum Gasteiger partial charge on any atom is 0.316 e. The highest BCUT2D eigenvalue weighted by Gasteiger charge is 2.29. The smallest absolute Gasteiger partial charge is 0.316 e. The van der Waals surface area contributed by atoms with Gasteiger partial charge in [-0.25, -0.2) is 4.79 Å². The van der Waals surface area contributed by atoms with E-state index < -0.39 is 79.4 Å². The molecule has 4 atom stereocenters. The zero-order chi connectivity index (χ0) is 26.4. The molecule has 1 rings (SSSR count). The number of primary amides is 1. The molecule has 0 bridgehead atoms. The second-order valence-electron chi connectivity index (χ2n) is 7.30. The van der Waals surface area contributed by atoms with Crippen molar-refractivity contribution >= 4 is 35.6 Å². The fourth-order valence-corrected chi connectivity index (χ4v) is 2.63. The van der Waals surface area contributed by atoms with Gasteiger partial charge >= 0.3 is 6.03 Å². The van der Waals surface area contributed by atoms with Gasteiger partial charge in [-0.15, -0.1) is 0 Å². The van der Waals surface area contributed by atoms with E-state index in [0.717, 1.165) is 0 Å². The maximum absolute atomic E-state index is 12.4. The minimum atomic E-state index is -1.59. The van der Waals surface area contributed by atoms with E-state index in [1.165, 1.54) is 6.92 Å². The molecule has 1 fully saturated rings. The van der Waals surface area contributed by atoms with Gasteiger partial charge in [0.05, 0.1) is 39.0 Å². The van der Waals surface area contributed by atoms with Crippen LogP contribution < -0.4 is 37.9 Å². The molecular formula is C18H31N7O10. The average Bonchev–Trinajstić information content (AvgIpc) is 2.79. The maximum atomic E-state index is 12.4. The number of hydrogen-bond donors (Lipinski definition) is 9. The Morgan fingerprint density at radius 2 is 1.60 bits per heavy atom. The first kappa shape index (κ1) is 29.5. The molecule has 0 radical (unpaired) electrons. The summed E-state index contributed by atoms with van der Waals surface area (Å²) in [5.41, 5.74) is 8.97. The first-order valence-electron chi connectivity index (χ1n) is 10.5. The van der Waals surface area contributed by atoms with Crippen LogP contribution in [0.2, 0.25) is 0 Å². The van der Waals surface area contributed by atoms with Gasteiger partial charge in [0.25, 0.3) is 11.8 Å². The SMILES string of the molecule is CC(O)[C@@H]1NC(=O)N[C@@H](CC(N)=O)C(=O)NNC(=O)[C@H](CO)NC(=O)COCCOCCNC1=O. The molecule has 10 N–H and O–H groups in total. The highest BCUT2D eigenvalue weighted by molar-refractivity contribution is 5.94. The van der Waals surface area contributed by atoms with E-state index >= 15 is 0 Å². The monoisotopic (exact) mass is 505 g/mol. The Morgan fingerprint density at radius 3 is 2.20 bits per heavy atom. The van der Waals surface area contributed by atoms with Crippen molar-refractivity contribution in [2.75, 3.05) is 39.6 Å². The number of aliphatic hydroxyl groups excluding tert-OH is 2. The van der Waals surface area contributed by atoms with Crippen LogP contribution in [0.25, 0.3) is 0 Å². The number of ether oxygens (including phenoxy) is 2. The predicted octanol–water partition coefficient (Wildman–Crippen LogP) is -5.93. The van der Waals surface area contributed by atoms with Crippen LogP contribution in [-0.2, 0) is 33.4 Å². The first-order chi connectivity index (χ1) is 16.5. The van der Waals surface area contributed by atoms with Crippen LogP contribution in [-0.4, -0.2) is 110 Å². The lowest BCUT2D eigenvalue weighted by Crippen LogP contribution is -2.60. The van der Waals surface area contributed by atoms with Gasteiger partial charge < -0.3 is 46.7 Å². The summed E-state index contributed by atoms with van der Waals surface area (Å²) in [6, 6.07) is -5.57. The van der Waals surface area contributed by atoms with Crippen molar-refractivity contribution in [2.45, 2.75) is 37.6 Å². The molecule has 0 aliphatic carbocycles. The van der Waals surface area contributed by atoms with Gasteiger partial charge in [-0.1, -0.05) is 0 Å². The van der Waals surface area contributed by atoms with Crippen molar-refractivity contribution < 1.29 is 48.5 Å². The summed E-state index contributed by atoms with van der Waals surface area (Å²) < 4.78 is 10.3. The molecule has 1 unspecified atom stereocenters. The van der Waals surface area contributed by atoms with Crippen molar-refractivity contribution in [3.63, 3.8) is 0 Å². The predicted molar refractivity (Wildman–Crippen MR) is 115 cm³/mol. The van der Waals surface area contributed by atoms with E-state index in [-0.39, 0.29) is 26.4 Å². The van der Waals surface area contributed by atoms with Gasteiger partial charge in [0.15, 0.2) is 0 Å². The lowest BCUT2D eigenvalue weighted by atomic mass is 10.1. The standard InChI is InChI=1S/C18H31N7O10/c1-9(27)14-17(32)20-2-3-34-4-5-35-8-13(29)21-11(7-26)16(31)25-24-15(30)10(6-12(19)28)22-18(33)23-14/h9-11,14,26-27H,2-8H2,1H3,(H2,19,28)(H,20,32)(H,21,29)(H,24,30)(H,25,31)(H2,22,23,33)/t9?,10-,11-,14-/m0/s1. The Labute approximate surface area is 199 Å². The zero-order valence-electron chi connectivity index (χ0n) is 19.0. The van der Waals surface area contributed by atoms with E-state index in [4.69, 9.17) is 15.2 Å². The first-order valence-corrected chi connectivity index (χ1v) is 10.5. The molecule has 1 heterocycles. The second kappa shape index (κ2) is 15.4. The summed E-state index contributed by atoms with van der Waals surface area (Å²) in [7, 11) is 0. The fraction of sp³-hybridized carbons (Fsp3) is 0.667. The molecule has 198 valence electrons. The zero-order valence-corrected chi connectivity index (χ0v) is 19.0. The summed E-state index contributed by atoms with van der Waals surface area (Å²) in [6.45, 7) is 0.121. The van der Waals surface area contributed by atoms with Crippen molar-refractivity contribution in [3.8, 4) is 0 Å². The number of carbonyl (C=O) groups is 6. The molecule has 7 amide bonds. The Balaban J connectivity index is 2.99. The number of nitrogens with one attached hydrogen (secondary N) is 6. The van der Waals surface area contributed by atoms with Crippen LogP contribution in [0, 0.1) is 0 Å². The average molecular weight is 505 g/mol. The summed E-state index contributed by atoms with van der Waals surface area (Å²) >= 11 is 0. The Kier molecular flexibility index (Phi) is 13.0. The van der Waals surface area contributed by atoms with Crippen LogP contribution >= 0.6 is 0 Å². The lowest BCUT2D eigenvalue weighted by molar-refractivity contribution is -0.135. The highest BCUT2D eigenvalue weighted by atomic mass is 16.5. The lowest BCUT2D eigenvalue weighted by Gasteiger charge is -2.23. The number of rotatable bonds is 4. The number of carbonyl (C=O) groups excluding carboxylic acids is 6. The van der Waals surface area contributed by atoms with Gasteiger partial charge in [0, 0.05) is 6.54 Å². The quantitative estimate of drug-likeness (QED) is 0.175. The third kappa shape index (κ3) is 11.4. The van der Waals surface area contributed by atoms with Gasteiger partial charge in [-0.3, -0.25) is 34.8 Å². The summed E-state index contributed by atoms with van der Waals surface area (Å²) in [5, 5.41) is 28.1. The summed E-state index contributed by atoms with van der Waals surface area (Å²) in [5.74, 6) is -4.57. The number of amides is 7. The van der Waals surface area contributed by atoms with Crippen LogP contribution in [0.4, 0.5) is 4.79 Å². The van der Waals surface area contributed by atoms with E-state index in [1.807, 2.05) is 10.9 Å². The molecule has 0 aromatic rings. The molecule has 35 heavy (non-hydrogen) atoms. The van der Waals surface area contributed by atoms with Crippen molar-refractivity contribution in [2.24, 2.45) is 5.73 Å². The fourth-order valence-electron chi connectivity index (χ4n) is 2.63. The van der Waals surface area contributed by atoms with Gasteiger partial charge in [0.2, 0.25) is 17.7 Å². The second-order valence-corrected chi connectivity index (χ2v) is 7.30. The van der Waals surface area contributed by atoms with E-state index in [2.05, 4.69) is 21.3 Å². The van der Waals surface area contributed by atoms with Crippen LogP contribution in [0.1, 0.15) is 13.3 Å². The Morgan fingerprint density at radius 1 is 0.971 bits per heavy atom. The number of urea groups is 1. The normalized spacial score (nSPS) is 25.3. The van der Waals surface area contributed by atoms with Gasteiger partial charge in [-0.05, 0) is 6.92 Å². The van der Waals surface area contributed by atoms with E-state index in [0.29, 0.717) is 0 Å². The van der Waals surface area contributed by atoms with Crippen molar-refractivity contribution in [3.05, 3.63) is 0 Å². The van der Waals surface area contributed by atoms with E-state index in [9.17, 15) is 39.0 Å². The molecule has 0 spiro atoms. The number of nitrogens with two attached hydrogens (primary N) is 1. The number of hydrogen-bond acceptors (Lipinski definition) is 10. The number of aliphatic hydroxyl groups is 2. The third-order valence-corrected chi connectivity index (χ3v) is 4.37. The van der Waals surface area contributed by atoms with Gasteiger partial charge in [-0.2, -0.15) is 0 Å². The molecule has 1 saturated heterocycles. The molecule has 1 aliphatic heterocycles. The van der Waals surface area contributed by atoms with E-state index in [1.54, 1.807) is 0 Å². The minimum Gasteiger partial charge on any atom is -0.394 e. The molecule has 17 nitrogen and oxygen atoms in total. The molecular weight excluding hydrogens is 474 g/mol. The Hall–Kier alpha value is -3.54. The van der Waals surface area contributed by atoms with Crippen LogP contribution in [0.5, 0.6) is 0 Å². The largest absolute Gasteiger partial charge is 0.394 e. The molecule has 1 aliphatic rings. The topological polar surface area (TPSA) is 260 Å².